The zero-order valence-electron chi connectivity index (χ0n) is 25.6. The lowest BCUT2D eigenvalue weighted by atomic mass is 9.80. The molecule has 2 heterocycles. The zero-order chi connectivity index (χ0) is 30.7. The van der Waals surface area contributed by atoms with Crippen molar-refractivity contribution in [3.8, 4) is 5.75 Å². The van der Waals surface area contributed by atoms with E-state index in [4.69, 9.17) is 18.9 Å². The van der Waals surface area contributed by atoms with Crippen molar-refractivity contribution >= 4 is 6.03 Å². The quantitative estimate of drug-likeness (QED) is 0.188. The first-order valence-electron chi connectivity index (χ1n) is 15.4. The van der Waals surface area contributed by atoms with Crippen LogP contribution < -0.4 is 10.1 Å². The third kappa shape index (κ3) is 8.48. The summed E-state index contributed by atoms with van der Waals surface area (Å²) >= 11 is 0. The monoisotopic (exact) mass is 600 g/mol. The van der Waals surface area contributed by atoms with E-state index in [2.05, 4.69) is 24.4 Å². The Hall–Kier alpha value is -3.69. The van der Waals surface area contributed by atoms with Crippen LogP contribution in [0.15, 0.2) is 97.1 Å². The molecule has 3 aromatic rings. The standard InChI is InChI=1S/C36H44N2O6/c1-26-33(25-43-23-27-10-5-3-6-11-27)38-30(21-35(26)44-24-28-12-7-4-8-13-28)20-32(37-36(38)40)34(39)14-9-19-42-22-29-15-17-31(41-2)18-16-29/h3-18,26,30,32-35,39H,19-25H2,1-2H3,(H,37,40)/b14-9+/t26-,30+,32-,33-,34-,35+/m1/s1. The summed E-state index contributed by atoms with van der Waals surface area (Å²) in [4.78, 5) is 15.5. The highest BCUT2D eigenvalue weighted by atomic mass is 16.5. The maximum Gasteiger partial charge on any atom is 0.318 e. The average Bonchev–Trinajstić information content (AvgIpc) is 3.06. The number of carbonyl (C=O) groups excluding carboxylic acids is 1. The van der Waals surface area contributed by atoms with Crippen molar-refractivity contribution in [1.29, 1.82) is 0 Å². The molecule has 0 aliphatic carbocycles. The normalized spacial score (nSPS) is 24.1. The molecular formula is C36H44N2O6. The van der Waals surface area contributed by atoms with E-state index in [1.165, 1.54) is 0 Å². The van der Waals surface area contributed by atoms with E-state index in [0.717, 1.165) is 22.4 Å². The molecule has 0 unspecified atom stereocenters. The van der Waals surface area contributed by atoms with E-state index in [1.54, 1.807) is 13.2 Å². The Morgan fingerprint density at radius 1 is 0.886 bits per heavy atom. The average molecular weight is 601 g/mol. The number of piperidine rings is 1. The predicted molar refractivity (Wildman–Crippen MR) is 169 cm³/mol. The maximum atomic E-state index is 13.5. The molecule has 5 rings (SSSR count). The lowest BCUT2D eigenvalue weighted by Gasteiger charge is -2.52. The third-order valence-electron chi connectivity index (χ3n) is 8.61. The summed E-state index contributed by atoms with van der Waals surface area (Å²) < 4.78 is 23.6. The summed E-state index contributed by atoms with van der Waals surface area (Å²) in [5.41, 5.74) is 3.25. The van der Waals surface area contributed by atoms with Gasteiger partial charge in [0, 0.05) is 12.0 Å². The van der Waals surface area contributed by atoms with Crippen LogP contribution in [0.25, 0.3) is 0 Å². The lowest BCUT2D eigenvalue weighted by Crippen LogP contribution is -2.68. The minimum atomic E-state index is -0.832. The molecule has 3 aromatic carbocycles. The van der Waals surface area contributed by atoms with E-state index < -0.39 is 12.1 Å². The molecule has 8 nitrogen and oxygen atoms in total. The summed E-state index contributed by atoms with van der Waals surface area (Å²) in [5.74, 6) is 0.873. The summed E-state index contributed by atoms with van der Waals surface area (Å²) in [6.45, 7) is 4.35. The third-order valence-corrected chi connectivity index (χ3v) is 8.61. The Kier molecular flexibility index (Phi) is 11.4. The van der Waals surface area contributed by atoms with Crippen LogP contribution in [0, 0.1) is 5.92 Å². The van der Waals surface area contributed by atoms with Crippen LogP contribution in [0.1, 0.15) is 36.5 Å². The molecule has 8 heteroatoms. The van der Waals surface area contributed by atoms with Gasteiger partial charge in [0.2, 0.25) is 0 Å². The van der Waals surface area contributed by atoms with Crippen LogP contribution in [-0.4, -0.2) is 66.7 Å². The number of carbonyl (C=O) groups is 1. The van der Waals surface area contributed by atoms with Gasteiger partial charge in [-0.15, -0.1) is 0 Å². The number of benzene rings is 3. The van der Waals surface area contributed by atoms with Gasteiger partial charge in [-0.2, -0.15) is 0 Å². The molecule has 44 heavy (non-hydrogen) atoms. The number of nitrogens with zero attached hydrogens (tertiary/aromatic N) is 1. The molecule has 0 radical (unpaired) electrons. The molecule has 0 saturated carbocycles. The van der Waals surface area contributed by atoms with Crippen LogP contribution >= 0.6 is 0 Å². The van der Waals surface area contributed by atoms with Crippen LogP contribution in [-0.2, 0) is 34.0 Å². The van der Waals surface area contributed by atoms with Crippen LogP contribution in [0.4, 0.5) is 4.79 Å². The van der Waals surface area contributed by atoms with Crippen LogP contribution in [0.2, 0.25) is 0 Å². The van der Waals surface area contributed by atoms with Crippen molar-refractivity contribution in [2.24, 2.45) is 5.92 Å². The largest absolute Gasteiger partial charge is 0.497 e. The van der Waals surface area contributed by atoms with Gasteiger partial charge >= 0.3 is 6.03 Å². The summed E-state index contributed by atoms with van der Waals surface area (Å²) in [6.07, 6.45) is 3.95. The van der Waals surface area contributed by atoms with Gasteiger partial charge in [-0.1, -0.05) is 91.9 Å². The molecule has 234 valence electrons. The van der Waals surface area contributed by atoms with Crippen molar-refractivity contribution in [1.82, 2.24) is 10.2 Å². The number of methoxy groups -OCH3 is 1. The highest BCUT2D eigenvalue weighted by molar-refractivity contribution is 5.76. The molecule has 2 fully saturated rings. The second-order valence-corrected chi connectivity index (χ2v) is 11.6. The van der Waals surface area contributed by atoms with Crippen molar-refractivity contribution in [2.45, 2.75) is 69.9 Å². The minimum Gasteiger partial charge on any atom is -0.497 e. The number of aliphatic hydroxyl groups excluding tert-OH is 1. The Morgan fingerprint density at radius 3 is 2.20 bits per heavy atom. The van der Waals surface area contributed by atoms with Crippen molar-refractivity contribution in [2.75, 3.05) is 20.3 Å². The van der Waals surface area contributed by atoms with Crippen LogP contribution in [0.3, 0.4) is 0 Å². The minimum absolute atomic E-state index is 0.0487. The van der Waals surface area contributed by atoms with Crippen LogP contribution in [0.5, 0.6) is 5.75 Å². The Morgan fingerprint density at radius 2 is 1.52 bits per heavy atom. The fourth-order valence-electron chi connectivity index (χ4n) is 6.10. The number of hydrogen-bond donors (Lipinski definition) is 2. The first-order chi connectivity index (χ1) is 21.5. The van der Waals surface area contributed by atoms with E-state index in [0.29, 0.717) is 45.9 Å². The van der Waals surface area contributed by atoms with E-state index in [1.807, 2.05) is 83.8 Å². The van der Waals surface area contributed by atoms with Gasteiger partial charge in [0.05, 0.1) is 64.4 Å². The van der Waals surface area contributed by atoms with E-state index in [9.17, 15) is 9.90 Å². The smallest absolute Gasteiger partial charge is 0.318 e. The number of nitrogens with one attached hydrogen (secondary N) is 1. The molecule has 2 aliphatic rings. The molecule has 2 N–H and O–H groups in total. The number of fused-ring (bicyclic) bond motifs is 1. The molecule has 0 aromatic heterocycles. The fraction of sp³-hybridized carbons (Fsp3) is 0.417. The zero-order valence-corrected chi connectivity index (χ0v) is 25.6. The molecular weight excluding hydrogens is 556 g/mol. The second-order valence-electron chi connectivity index (χ2n) is 11.6. The second kappa shape index (κ2) is 15.9. The number of amides is 2. The Labute approximate surface area is 260 Å². The molecule has 6 atom stereocenters. The van der Waals surface area contributed by atoms with Gasteiger partial charge in [0.25, 0.3) is 0 Å². The highest BCUT2D eigenvalue weighted by Gasteiger charge is 2.48. The number of aliphatic hydroxyl groups is 1. The molecule has 2 saturated heterocycles. The summed E-state index contributed by atoms with van der Waals surface area (Å²) in [7, 11) is 1.64. The predicted octanol–water partition coefficient (Wildman–Crippen LogP) is 5.49. The van der Waals surface area contributed by atoms with Crippen molar-refractivity contribution in [3.63, 3.8) is 0 Å². The number of ether oxygens (including phenoxy) is 4. The highest BCUT2D eigenvalue weighted by Crippen LogP contribution is 2.36. The topological polar surface area (TPSA) is 89.5 Å². The molecule has 2 aliphatic heterocycles. The first kappa shape index (κ1) is 31.7. The van der Waals surface area contributed by atoms with E-state index >= 15 is 0 Å². The molecule has 0 bridgehead atoms. The number of urea groups is 1. The maximum absolute atomic E-state index is 13.5. The first-order valence-corrected chi connectivity index (χ1v) is 15.4. The van der Waals surface area contributed by atoms with Gasteiger partial charge < -0.3 is 34.3 Å². The van der Waals surface area contributed by atoms with Crippen molar-refractivity contribution < 1.29 is 28.8 Å². The van der Waals surface area contributed by atoms with Gasteiger partial charge in [-0.3, -0.25) is 0 Å². The van der Waals surface area contributed by atoms with Crippen molar-refractivity contribution in [3.05, 3.63) is 114 Å². The Bertz CT molecular complexity index is 1320. The summed E-state index contributed by atoms with van der Waals surface area (Å²) in [6, 6.07) is 27.1. The van der Waals surface area contributed by atoms with Gasteiger partial charge in [-0.05, 0) is 41.7 Å². The molecule has 0 spiro atoms. The van der Waals surface area contributed by atoms with E-state index in [-0.39, 0.29) is 30.1 Å². The number of rotatable bonds is 14. The summed E-state index contributed by atoms with van der Waals surface area (Å²) in [5, 5.41) is 14.1. The van der Waals surface area contributed by atoms with Gasteiger partial charge in [-0.25, -0.2) is 4.79 Å². The fourth-order valence-corrected chi connectivity index (χ4v) is 6.10. The molecule has 2 amide bonds. The van der Waals surface area contributed by atoms with Gasteiger partial charge in [0.1, 0.15) is 5.75 Å². The Balaban J connectivity index is 1.19. The lowest BCUT2D eigenvalue weighted by molar-refractivity contribution is -0.0996. The SMILES string of the molecule is COc1ccc(COC/C=C/[C@@H](O)[C@H]2C[C@H]3C[C@H](OCc4ccccc4)[C@H](C)[C@@H](COCc4ccccc4)N3C(=O)N2)cc1. The number of hydrogen-bond acceptors (Lipinski definition) is 6. The van der Waals surface area contributed by atoms with Gasteiger partial charge in [0.15, 0.2) is 0 Å².